The number of hydrogen-bond donors (Lipinski definition) is 3. The van der Waals surface area contributed by atoms with Crippen LogP contribution in [-0.4, -0.2) is 45.6 Å². The van der Waals surface area contributed by atoms with Gasteiger partial charge in [-0.1, -0.05) is 11.6 Å². The molecule has 0 bridgehead atoms. The highest BCUT2D eigenvalue weighted by Gasteiger charge is 2.17. The predicted molar refractivity (Wildman–Crippen MR) is 73.8 cm³/mol. The molecule has 0 aliphatic carbocycles. The van der Waals surface area contributed by atoms with Crippen LogP contribution in [0.4, 0.5) is 0 Å². The van der Waals surface area contributed by atoms with Crippen molar-refractivity contribution in [1.82, 2.24) is 10.0 Å². The van der Waals surface area contributed by atoms with Gasteiger partial charge in [-0.25, -0.2) is 13.1 Å². The highest BCUT2D eigenvalue weighted by Crippen LogP contribution is 2.26. The lowest BCUT2D eigenvalue weighted by molar-refractivity contribution is -0.137. The van der Waals surface area contributed by atoms with Gasteiger partial charge >= 0.3 is 5.97 Å². The molecule has 3 N–H and O–H groups in total. The summed E-state index contributed by atoms with van der Waals surface area (Å²) in [4.78, 5) is 21.4. The number of halogens is 1. The maximum Gasteiger partial charge on any atom is 0.322 e. The van der Waals surface area contributed by atoms with Crippen LogP contribution >= 0.6 is 11.6 Å². The molecule has 1 aromatic rings. The van der Waals surface area contributed by atoms with Crippen LogP contribution in [0.15, 0.2) is 23.1 Å². The number of nitrogens with one attached hydrogen (secondary N) is 2. The molecule has 1 amide bonds. The highest BCUT2D eigenvalue weighted by atomic mass is 35.5. The van der Waals surface area contributed by atoms with Gasteiger partial charge in [0, 0.05) is 0 Å². The number of benzene rings is 1. The number of carboxylic acids is 1. The zero-order chi connectivity index (χ0) is 16.0. The van der Waals surface area contributed by atoms with E-state index in [9.17, 15) is 18.0 Å². The zero-order valence-electron chi connectivity index (χ0n) is 10.9. The Balaban J connectivity index is 2.71. The van der Waals surface area contributed by atoms with E-state index in [2.05, 4.69) is 0 Å². The van der Waals surface area contributed by atoms with Crippen molar-refractivity contribution in [3.63, 3.8) is 0 Å². The Hall–Kier alpha value is -1.84. The number of sulfonamides is 1. The molecule has 21 heavy (non-hydrogen) atoms. The Kier molecular flexibility index (Phi) is 5.94. The van der Waals surface area contributed by atoms with Gasteiger partial charge < -0.3 is 15.2 Å². The minimum atomic E-state index is -3.94. The third-order valence-corrected chi connectivity index (χ3v) is 3.99. The van der Waals surface area contributed by atoms with Crippen LogP contribution in [0.3, 0.4) is 0 Å². The average molecular weight is 337 g/mol. The maximum absolute atomic E-state index is 11.9. The van der Waals surface area contributed by atoms with E-state index in [1.165, 1.54) is 25.3 Å². The Morgan fingerprint density at radius 1 is 1.33 bits per heavy atom. The molecule has 0 radical (unpaired) electrons. The van der Waals surface area contributed by atoms with Crippen molar-refractivity contribution < 1.29 is 27.9 Å². The first-order valence-electron chi connectivity index (χ1n) is 5.58. The number of carboxylic acid groups (broad SMARTS) is 1. The van der Waals surface area contributed by atoms with Gasteiger partial charge in [0.25, 0.3) is 0 Å². The van der Waals surface area contributed by atoms with Crippen LogP contribution in [0, 0.1) is 0 Å². The zero-order valence-corrected chi connectivity index (χ0v) is 12.5. The standard InChI is InChI=1S/C11H13ClN2O6S/c1-20-9-3-2-7(4-8(9)12)21(18,19)14-5-10(15)13-6-11(16)17/h2-4,14H,5-6H2,1H3,(H,13,15)(H,16,17). The summed E-state index contributed by atoms with van der Waals surface area (Å²) in [5, 5.41) is 10.5. The maximum atomic E-state index is 11.9. The molecule has 0 fully saturated rings. The van der Waals surface area contributed by atoms with Crippen LogP contribution < -0.4 is 14.8 Å². The molecule has 0 aliphatic rings. The minimum Gasteiger partial charge on any atom is -0.495 e. The van der Waals surface area contributed by atoms with Gasteiger partial charge in [-0.3, -0.25) is 9.59 Å². The summed E-state index contributed by atoms with van der Waals surface area (Å²) in [6, 6.07) is 3.82. The van der Waals surface area contributed by atoms with Gasteiger partial charge in [0.2, 0.25) is 15.9 Å². The summed E-state index contributed by atoms with van der Waals surface area (Å²) in [6.45, 7) is -1.17. The molecule has 0 atom stereocenters. The van der Waals surface area contributed by atoms with E-state index in [1.807, 2.05) is 10.0 Å². The Morgan fingerprint density at radius 2 is 2.00 bits per heavy atom. The normalized spacial score (nSPS) is 11.0. The molecule has 10 heteroatoms. The lowest BCUT2D eigenvalue weighted by Gasteiger charge is -2.08. The summed E-state index contributed by atoms with van der Waals surface area (Å²) < 4.78 is 30.8. The first kappa shape index (κ1) is 17.2. The number of aliphatic carboxylic acids is 1. The molecule has 0 spiro atoms. The van der Waals surface area contributed by atoms with E-state index < -0.39 is 35.0 Å². The van der Waals surface area contributed by atoms with Crippen LogP contribution in [0.5, 0.6) is 5.75 Å². The van der Waals surface area contributed by atoms with Gasteiger partial charge in [-0.2, -0.15) is 0 Å². The van der Waals surface area contributed by atoms with E-state index >= 15 is 0 Å². The number of ether oxygens (including phenoxy) is 1. The molecule has 8 nitrogen and oxygen atoms in total. The molecule has 0 saturated heterocycles. The minimum absolute atomic E-state index is 0.107. The summed E-state index contributed by atoms with van der Waals surface area (Å²) in [5.74, 6) is -1.68. The van der Waals surface area contributed by atoms with E-state index in [1.54, 1.807) is 0 Å². The van der Waals surface area contributed by atoms with Gasteiger partial charge in [0.05, 0.1) is 23.6 Å². The molecule has 0 saturated carbocycles. The third kappa shape index (κ3) is 5.21. The van der Waals surface area contributed by atoms with Gasteiger partial charge in [-0.05, 0) is 18.2 Å². The molecule has 1 aromatic carbocycles. The monoisotopic (exact) mass is 336 g/mol. The van der Waals surface area contributed by atoms with E-state index in [4.69, 9.17) is 21.4 Å². The number of amides is 1. The number of rotatable bonds is 7. The fourth-order valence-electron chi connectivity index (χ4n) is 1.29. The fraction of sp³-hybridized carbons (Fsp3) is 0.273. The van der Waals surface area contributed by atoms with Crippen molar-refractivity contribution in [1.29, 1.82) is 0 Å². The second kappa shape index (κ2) is 7.25. The number of carbonyl (C=O) groups excluding carboxylic acids is 1. The fourth-order valence-corrected chi connectivity index (χ4v) is 2.63. The smallest absolute Gasteiger partial charge is 0.322 e. The summed E-state index contributed by atoms with van der Waals surface area (Å²) >= 11 is 5.82. The molecule has 0 aliphatic heterocycles. The molecular weight excluding hydrogens is 324 g/mol. The van der Waals surface area contributed by atoms with Crippen LogP contribution in [0.25, 0.3) is 0 Å². The van der Waals surface area contributed by atoms with E-state index in [0.717, 1.165) is 0 Å². The SMILES string of the molecule is COc1ccc(S(=O)(=O)NCC(=O)NCC(=O)O)cc1Cl. The molecular formula is C11H13ClN2O6S. The Morgan fingerprint density at radius 3 is 2.52 bits per heavy atom. The second-order valence-electron chi connectivity index (χ2n) is 3.79. The predicted octanol–water partition coefficient (Wildman–Crippen LogP) is -0.172. The first-order valence-corrected chi connectivity index (χ1v) is 7.44. The van der Waals surface area contributed by atoms with Crippen molar-refractivity contribution in [2.45, 2.75) is 4.90 Å². The average Bonchev–Trinajstić information content (AvgIpc) is 2.42. The molecule has 0 heterocycles. The number of carbonyl (C=O) groups is 2. The quantitative estimate of drug-likeness (QED) is 0.635. The lowest BCUT2D eigenvalue weighted by atomic mass is 10.3. The highest BCUT2D eigenvalue weighted by molar-refractivity contribution is 7.89. The third-order valence-electron chi connectivity index (χ3n) is 2.29. The van der Waals surface area contributed by atoms with Crippen molar-refractivity contribution in [2.24, 2.45) is 0 Å². The molecule has 116 valence electrons. The van der Waals surface area contributed by atoms with Crippen LogP contribution in [0.1, 0.15) is 0 Å². The summed E-state index contributed by atoms with van der Waals surface area (Å²) in [6.07, 6.45) is 0. The topological polar surface area (TPSA) is 122 Å². The van der Waals surface area contributed by atoms with Crippen molar-refractivity contribution in [3.05, 3.63) is 23.2 Å². The van der Waals surface area contributed by atoms with Gasteiger partial charge in [-0.15, -0.1) is 0 Å². The van der Waals surface area contributed by atoms with E-state index in [-0.39, 0.29) is 9.92 Å². The Labute approximate surface area is 126 Å². The van der Waals surface area contributed by atoms with Gasteiger partial charge in [0.1, 0.15) is 12.3 Å². The summed E-state index contributed by atoms with van der Waals surface area (Å²) in [7, 11) is -2.55. The Bertz CT molecular complexity index is 646. The number of methoxy groups -OCH3 is 1. The molecule has 0 unspecified atom stereocenters. The van der Waals surface area contributed by atoms with Crippen molar-refractivity contribution in [2.75, 3.05) is 20.2 Å². The molecule has 0 aromatic heterocycles. The van der Waals surface area contributed by atoms with E-state index in [0.29, 0.717) is 5.75 Å². The van der Waals surface area contributed by atoms with Crippen molar-refractivity contribution in [3.8, 4) is 5.75 Å². The van der Waals surface area contributed by atoms with Crippen LogP contribution in [0.2, 0.25) is 5.02 Å². The lowest BCUT2D eigenvalue weighted by Crippen LogP contribution is -2.38. The van der Waals surface area contributed by atoms with Gasteiger partial charge in [0.15, 0.2) is 0 Å². The first-order chi connectivity index (χ1) is 9.76. The van der Waals surface area contributed by atoms with Crippen LogP contribution in [-0.2, 0) is 19.6 Å². The molecule has 1 rings (SSSR count). The largest absolute Gasteiger partial charge is 0.495 e. The van der Waals surface area contributed by atoms with Crippen molar-refractivity contribution >= 4 is 33.5 Å². The number of hydrogen-bond acceptors (Lipinski definition) is 5. The summed E-state index contributed by atoms with van der Waals surface area (Å²) in [5.41, 5.74) is 0. The second-order valence-corrected chi connectivity index (χ2v) is 5.97.